The second-order valence-electron chi connectivity index (χ2n) is 3.60. The zero-order valence-electron chi connectivity index (χ0n) is 10.3. The number of hydrogen-bond donors (Lipinski definition) is 0. The third-order valence-corrected chi connectivity index (χ3v) is 3.15. The Hall–Kier alpha value is -1.54. The van der Waals surface area contributed by atoms with E-state index in [1.807, 2.05) is 12.1 Å². The standard InChI is InChI=1S/C13H14BrNO3/c1-3-18-13(16)10(8-15)6-9-4-5-11(17-2)7-12(9)14/h4-5,7,10H,3,6H2,1-2H3. The molecular formula is C13H14BrNO3. The van der Waals surface area contributed by atoms with Crippen LogP contribution in [0.5, 0.6) is 5.75 Å². The summed E-state index contributed by atoms with van der Waals surface area (Å²) < 4.78 is 10.7. The Kier molecular flexibility index (Phi) is 5.66. The number of halogens is 1. The highest BCUT2D eigenvalue weighted by atomic mass is 79.9. The van der Waals surface area contributed by atoms with E-state index in [-0.39, 0.29) is 6.61 Å². The van der Waals surface area contributed by atoms with E-state index >= 15 is 0 Å². The molecule has 0 aliphatic carbocycles. The fraction of sp³-hybridized carbons (Fsp3) is 0.385. The smallest absolute Gasteiger partial charge is 0.323 e. The fourth-order valence-electron chi connectivity index (χ4n) is 1.46. The summed E-state index contributed by atoms with van der Waals surface area (Å²) in [6, 6.07) is 7.38. The van der Waals surface area contributed by atoms with E-state index in [9.17, 15) is 4.79 Å². The van der Waals surface area contributed by atoms with Gasteiger partial charge in [-0.25, -0.2) is 0 Å². The molecule has 5 heteroatoms. The van der Waals surface area contributed by atoms with Gasteiger partial charge >= 0.3 is 5.97 Å². The minimum absolute atomic E-state index is 0.279. The molecule has 1 aromatic rings. The number of benzene rings is 1. The van der Waals surface area contributed by atoms with Gasteiger partial charge in [0, 0.05) is 4.47 Å². The average Bonchev–Trinajstić information content (AvgIpc) is 2.37. The van der Waals surface area contributed by atoms with Gasteiger partial charge in [0.15, 0.2) is 0 Å². The molecule has 0 amide bonds. The Bertz CT molecular complexity index is 468. The Balaban J connectivity index is 2.83. The third-order valence-electron chi connectivity index (χ3n) is 2.41. The summed E-state index contributed by atoms with van der Waals surface area (Å²) in [5.41, 5.74) is 0.871. The van der Waals surface area contributed by atoms with E-state index in [4.69, 9.17) is 14.7 Å². The van der Waals surface area contributed by atoms with Crippen molar-refractivity contribution >= 4 is 21.9 Å². The summed E-state index contributed by atoms with van der Waals surface area (Å²) in [6.45, 7) is 2.00. The second-order valence-corrected chi connectivity index (χ2v) is 4.45. The summed E-state index contributed by atoms with van der Waals surface area (Å²) in [5, 5.41) is 8.99. The van der Waals surface area contributed by atoms with Gasteiger partial charge in [-0.05, 0) is 31.0 Å². The van der Waals surface area contributed by atoms with E-state index in [2.05, 4.69) is 15.9 Å². The Labute approximate surface area is 115 Å². The lowest BCUT2D eigenvalue weighted by Crippen LogP contribution is -2.18. The molecule has 0 aliphatic rings. The molecule has 96 valence electrons. The first kappa shape index (κ1) is 14.5. The van der Waals surface area contributed by atoms with E-state index in [1.54, 1.807) is 26.2 Å². The Morgan fingerprint density at radius 3 is 2.78 bits per heavy atom. The van der Waals surface area contributed by atoms with Crippen LogP contribution >= 0.6 is 15.9 Å². The molecule has 0 aromatic heterocycles. The van der Waals surface area contributed by atoms with Crippen molar-refractivity contribution in [3.63, 3.8) is 0 Å². The first-order valence-corrected chi connectivity index (χ1v) is 6.30. The number of esters is 1. The monoisotopic (exact) mass is 311 g/mol. The second kappa shape index (κ2) is 7.02. The van der Waals surface area contributed by atoms with Gasteiger partial charge in [0.2, 0.25) is 0 Å². The van der Waals surface area contributed by atoms with Crippen molar-refractivity contribution in [3.8, 4) is 11.8 Å². The fourth-order valence-corrected chi connectivity index (χ4v) is 1.98. The van der Waals surface area contributed by atoms with Crippen LogP contribution < -0.4 is 4.74 Å². The highest BCUT2D eigenvalue weighted by molar-refractivity contribution is 9.10. The van der Waals surface area contributed by atoms with Crippen LogP contribution in [0.4, 0.5) is 0 Å². The summed E-state index contributed by atoms with van der Waals surface area (Å²) in [5.74, 6) is -0.548. The molecule has 4 nitrogen and oxygen atoms in total. The van der Waals surface area contributed by atoms with Crippen LogP contribution in [0.3, 0.4) is 0 Å². The van der Waals surface area contributed by atoms with Crippen LogP contribution in [0.2, 0.25) is 0 Å². The van der Waals surface area contributed by atoms with Gasteiger partial charge in [-0.15, -0.1) is 0 Å². The first-order valence-electron chi connectivity index (χ1n) is 5.51. The number of nitrogens with zero attached hydrogens (tertiary/aromatic N) is 1. The van der Waals surface area contributed by atoms with Crippen molar-refractivity contribution in [2.45, 2.75) is 13.3 Å². The molecule has 0 aliphatic heterocycles. The van der Waals surface area contributed by atoms with E-state index in [0.717, 1.165) is 15.8 Å². The van der Waals surface area contributed by atoms with Crippen molar-refractivity contribution < 1.29 is 14.3 Å². The molecule has 0 heterocycles. The number of hydrogen-bond acceptors (Lipinski definition) is 4. The number of ether oxygens (including phenoxy) is 2. The zero-order chi connectivity index (χ0) is 13.5. The van der Waals surface area contributed by atoms with Gasteiger partial charge < -0.3 is 9.47 Å². The van der Waals surface area contributed by atoms with E-state index < -0.39 is 11.9 Å². The van der Waals surface area contributed by atoms with E-state index in [1.165, 1.54) is 0 Å². The van der Waals surface area contributed by atoms with Crippen molar-refractivity contribution in [2.75, 3.05) is 13.7 Å². The van der Waals surface area contributed by atoms with Crippen LogP contribution in [-0.2, 0) is 16.0 Å². The van der Waals surface area contributed by atoms with Gasteiger partial charge in [-0.1, -0.05) is 22.0 Å². The molecule has 0 saturated carbocycles. The Morgan fingerprint density at radius 2 is 2.28 bits per heavy atom. The lowest BCUT2D eigenvalue weighted by Gasteiger charge is -2.10. The number of nitriles is 1. The highest BCUT2D eigenvalue weighted by Gasteiger charge is 2.20. The van der Waals surface area contributed by atoms with Crippen LogP contribution in [0, 0.1) is 17.2 Å². The third kappa shape index (κ3) is 3.74. The molecule has 0 radical (unpaired) electrons. The Morgan fingerprint density at radius 1 is 1.56 bits per heavy atom. The molecule has 0 fully saturated rings. The lowest BCUT2D eigenvalue weighted by molar-refractivity contribution is -0.145. The minimum Gasteiger partial charge on any atom is -0.497 e. The maximum Gasteiger partial charge on any atom is 0.323 e. The molecule has 0 saturated heterocycles. The zero-order valence-corrected chi connectivity index (χ0v) is 11.9. The molecule has 1 aromatic carbocycles. The van der Waals surface area contributed by atoms with Gasteiger partial charge in [-0.2, -0.15) is 5.26 Å². The van der Waals surface area contributed by atoms with E-state index in [0.29, 0.717) is 6.42 Å². The maximum atomic E-state index is 11.5. The molecule has 1 atom stereocenters. The highest BCUT2D eigenvalue weighted by Crippen LogP contribution is 2.25. The van der Waals surface area contributed by atoms with Gasteiger partial charge in [0.05, 0.1) is 19.8 Å². The number of carbonyl (C=O) groups excluding carboxylic acids is 1. The average molecular weight is 312 g/mol. The number of rotatable bonds is 5. The molecular weight excluding hydrogens is 298 g/mol. The molecule has 1 rings (SSSR count). The van der Waals surface area contributed by atoms with Crippen LogP contribution in [0.15, 0.2) is 22.7 Å². The first-order chi connectivity index (χ1) is 8.62. The van der Waals surface area contributed by atoms with Gasteiger partial charge in [0.25, 0.3) is 0 Å². The molecule has 0 N–H and O–H groups in total. The SMILES string of the molecule is CCOC(=O)C(C#N)Cc1ccc(OC)cc1Br. The van der Waals surface area contributed by atoms with Crippen molar-refractivity contribution in [2.24, 2.45) is 5.92 Å². The molecule has 1 unspecified atom stereocenters. The maximum absolute atomic E-state index is 11.5. The number of methoxy groups -OCH3 is 1. The summed E-state index contributed by atoms with van der Waals surface area (Å²) in [6.07, 6.45) is 0.319. The van der Waals surface area contributed by atoms with Gasteiger partial charge in [-0.3, -0.25) is 4.79 Å². The number of carbonyl (C=O) groups is 1. The van der Waals surface area contributed by atoms with Crippen molar-refractivity contribution in [1.82, 2.24) is 0 Å². The lowest BCUT2D eigenvalue weighted by atomic mass is 10.0. The largest absolute Gasteiger partial charge is 0.497 e. The van der Waals surface area contributed by atoms with Gasteiger partial charge in [0.1, 0.15) is 11.7 Å². The quantitative estimate of drug-likeness (QED) is 0.784. The van der Waals surface area contributed by atoms with Crippen LogP contribution in [0.25, 0.3) is 0 Å². The predicted molar refractivity (Wildman–Crippen MR) is 70.1 cm³/mol. The van der Waals surface area contributed by atoms with Crippen molar-refractivity contribution in [1.29, 1.82) is 5.26 Å². The van der Waals surface area contributed by atoms with Crippen LogP contribution in [0.1, 0.15) is 12.5 Å². The molecule has 0 spiro atoms. The molecule has 0 bridgehead atoms. The van der Waals surface area contributed by atoms with Crippen molar-refractivity contribution in [3.05, 3.63) is 28.2 Å². The predicted octanol–water partition coefficient (Wildman–Crippen LogP) is 2.70. The summed E-state index contributed by atoms with van der Waals surface area (Å²) in [7, 11) is 1.58. The summed E-state index contributed by atoms with van der Waals surface area (Å²) in [4.78, 5) is 11.5. The normalized spacial score (nSPS) is 11.4. The molecule has 18 heavy (non-hydrogen) atoms. The topological polar surface area (TPSA) is 59.3 Å². The summed E-state index contributed by atoms with van der Waals surface area (Å²) >= 11 is 3.39. The minimum atomic E-state index is -0.783. The van der Waals surface area contributed by atoms with Crippen LogP contribution in [-0.4, -0.2) is 19.7 Å².